The van der Waals surface area contributed by atoms with Gasteiger partial charge >= 0.3 is 11.2 Å². The number of hydrogen-bond acceptors (Lipinski definition) is 5. The number of anilines is 1. The first kappa shape index (κ1) is 26.9. The molecule has 1 aromatic heterocycles. The first-order chi connectivity index (χ1) is 18.6. The summed E-state index contributed by atoms with van der Waals surface area (Å²) in [5, 5.41) is 13.7. The lowest BCUT2D eigenvalue weighted by atomic mass is 10.1. The van der Waals surface area contributed by atoms with Crippen LogP contribution in [0.3, 0.4) is 0 Å². The summed E-state index contributed by atoms with van der Waals surface area (Å²) in [4.78, 5) is 41.5. The van der Waals surface area contributed by atoms with E-state index in [2.05, 4.69) is 0 Å². The highest BCUT2D eigenvalue weighted by atomic mass is 35.5. The van der Waals surface area contributed by atoms with E-state index in [1.165, 1.54) is 34.9 Å². The van der Waals surface area contributed by atoms with Gasteiger partial charge in [-0.25, -0.2) is 4.39 Å². The monoisotopic (exact) mass is 588 g/mol. The number of nitro groups is 1. The highest BCUT2D eigenvalue weighted by molar-refractivity contribution is 6.42. The fraction of sp³-hybridized carbons (Fsp3) is 0.185. The fourth-order valence-electron chi connectivity index (χ4n) is 4.76. The third-order valence-electron chi connectivity index (χ3n) is 6.66. The summed E-state index contributed by atoms with van der Waals surface area (Å²) in [6, 6.07) is 15.0. The molecule has 0 unspecified atom stereocenters. The van der Waals surface area contributed by atoms with E-state index in [0.717, 1.165) is 0 Å². The Bertz CT molecular complexity index is 1670. The van der Waals surface area contributed by atoms with Gasteiger partial charge in [-0.3, -0.25) is 24.3 Å². The van der Waals surface area contributed by atoms with Crippen LogP contribution in [0.25, 0.3) is 10.9 Å². The minimum atomic E-state index is -0.788. The molecule has 0 radical (unpaired) electrons. The molecule has 0 saturated carbocycles. The number of rotatable bonds is 5. The zero-order valence-corrected chi connectivity index (χ0v) is 22.5. The fourth-order valence-corrected chi connectivity index (χ4v) is 5.23. The number of amides is 1. The third kappa shape index (κ3) is 5.30. The minimum absolute atomic E-state index is 0.00426. The van der Waals surface area contributed by atoms with Crippen molar-refractivity contribution >= 4 is 63.0 Å². The summed E-state index contributed by atoms with van der Waals surface area (Å²) >= 11 is 18.3. The average Bonchev–Trinajstić information content (AvgIpc) is 2.92. The van der Waals surface area contributed by atoms with Crippen molar-refractivity contribution in [1.29, 1.82) is 0 Å². The minimum Gasteiger partial charge on any atom is -0.362 e. The predicted octanol–water partition coefficient (Wildman–Crippen LogP) is 6.02. The molecule has 4 aromatic rings. The van der Waals surface area contributed by atoms with E-state index in [0.29, 0.717) is 32.1 Å². The molecule has 1 saturated heterocycles. The smallest absolute Gasteiger partial charge is 0.357 e. The maximum atomic E-state index is 13.6. The standard InChI is InChI=1S/C27H20Cl3FN4O4/c28-18-4-8-23-20(14-18)24(25(35(38)39)27(37)34(23)15-16-1-5-19(31)6-2-16)32-9-11-33(12-10-32)26(36)17-3-7-21(29)22(30)13-17/h1-8,13-14H,9-12,15H2. The number of carbonyl (C=O) groups is 1. The van der Waals surface area contributed by atoms with Crippen LogP contribution in [-0.2, 0) is 6.54 Å². The molecule has 200 valence electrons. The predicted molar refractivity (Wildman–Crippen MR) is 150 cm³/mol. The van der Waals surface area contributed by atoms with Crippen molar-refractivity contribution in [3.63, 3.8) is 0 Å². The molecule has 0 bridgehead atoms. The van der Waals surface area contributed by atoms with E-state index in [1.54, 1.807) is 40.1 Å². The van der Waals surface area contributed by atoms with Gasteiger partial charge < -0.3 is 9.80 Å². The van der Waals surface area contributed by atoms with Gasteiger partial charge in [-0.15, -0.1) is 0 Å². The van der Waals surface area contributed by atoms with Crippen LogP contribution in [0.1, 0.15) is 15.9 Å². The van der Waals surface area contributed by atoms with Gasteiger partial charge in [0.2, 0.25) is 0 Å². The van der Waals surface area contributed by atoms with Crippen molar-refractivity contribution in [2.75, 3.05) is 31.1 Å². The summed E-state index contributed by atoms with van der Waals surface area (Å²) < 4.78 is 14.7. The molecule has 3 aromatic carbocycles. The normalized spacial score (nSPS) is 13.6. The van der Waals surface area contributed by atoms with Gasteiger partial charge in [0.15, 0.2) is 0 Å². The molecule has 2 heterocycles. The van der Waals surface area contributed by atoms with Crippen molar-refractivity contribution in [3.8, 4) is 0 Å². The van der Waals surface area contributed by atoms with E-state index in [9.17, 15) is 24.1 Å². The van der Waals surface area contributed by atoms with Crippen LogP contribution < -0.4 is 10.5 Å². The first-order valence-corrected chi connectivity index (χ1v) is 13.0. The van der Waals surface area contributed by atoms with Crippen LogP contribution in [0, 0.1) is 15.9 Å². The number of piperazine rings is 1. The number of pyridine rings is 1. The molecule has 1 aliphatic heterocycles. The van der Waals surface area contributed by atoms with E-state index in [4.69, 9.17) is 34.8 Å². The van der Waals surface area contributed by atoms with Crippen LogP contribution in [-0.4, -0.2) is 46.5 Å². The van der Waals surface area contributed by atoms with Crippen molar-refractivity contribution < 1.29 is 14.1 Å². The van der Waals surface area contributed by atoms with Gasteiger partial charge in [0.1, 0.15) is 11.5 Å². The summed E-state index contributed by atoms with van der Waals surface area (Å²) in [6.45, 7) is 1.02. The van der Waals surface area contributed by atoms with Gasteiger partial charge in [-0.1, -0.05) is 46.9 Å². The Kier molecular flexibility index (Phi) is 7.48. The number of hydrogen-bond donors (Lipinski definition) is 0. The van der Waals surface area contributed by atoms with Crippen LogP contribution in [0.2, 0.25) is 15.1 Å². The topological polar surface area (TPSA) is 88.7 Å². The molecule has 12 heteroatoms. The lowest BCUT2D eigenvalue weighted by Crippen LogP contribution is -2.49. The highest BCUT2D eigenvalue weighted by Crippen LogP contribution is 2.36. The molecule has 0 N–H and O–H groups in total. The van der Waals surface area contributed by atoms with Crippen molar-refractivity contribution in [2.45, 2.75) is 6.54 Å². The maximum Gasteiger partial charge on any atom is 0.357 e. The van der Waals surface area contributed by atoms with Gasteiger partial charge in [-0.05, 0) is 54.1 Å². The lowest BCUT2D eigenvalue weighted by molar-refractivity contribution is -0.385. The molecule has 1 amide bonds. The number of aromatic nitrogens is 1. The van der Waals surface area contributed by atoms with E-state index in [-0.39, 0.29) is 49.3 Å². The van der Waals surface area contributed by atoms with Crippen LogP contribution in [0.4, 0.5) is 15.8 Å². The number of benzene rings is 3. The Labute approximate surface area is 236 Å². The lowest BCUT2D eigenvalue weighted by Gasteiger charge is -2.36. The van der Waals surface area contributed by atoms with Gasteiger partial charge in [0.05, 0.1) is 27.0 Å². The zero-order valence-electron chi connectivity index (χ0n) is 20.2. The first-order valence-electron chi connectivity index (χ1n) is 11.9. The molecule has 0 atom stereocenters. The Balaban J connectivity index is 1.53. The molecular weight excluding hydrogens is 570 g/mol. The average molecular weight is 590 g/mol. The summed E-state index contributed by atoms with van der Waals surface area (Å²) in [5.41, 5.74) is 0.207. The highest BCUT2D eigenvalue weighted by Gasteiger charge is 2.32. The summed E-state index contributed by atoms with van der Waals surface area (Å²) in [5.74, 6) is -0.675. The SMILES string of the molecule is O=C(c1ccc(Cl)c(Cl)c1)N1CCN(c2c([N+](=O)[O-])c(=O)n(Cc3ccc(F)cc3)c3ccc(Cl)cc23)CC1. The van der Waals surface area contributed by atoms with Crippen molar-refractivity contribution in [1.82, 2.24) is 9.47 Å². The molecule has 5 rings (SSSR count). The Morgan fingerprint density at radius 2 is 1.62 bits per heavy atom. The molecule has 39 heavy (non-hydrogen) atoms. The summed E-state index contributed by atoms with van der Waals surface area (Å²) in [6.07, 6.45) is 0. The van der Waals surface area contributed by atoms with Crippen LogP contribution in [0.5, 0.6) is 0 Å². The molecular formula is C27H20Cl3FN4O4. The number of carbonyl (C=O) groups excluding carboxylic acids is 1. The Hall–Kier alpha value is -3.66. The second-order valence-corrected chi connectivity index (χ2v) is 10.3. The number of fused-ring (bicyclic) bond motifs is 1. The number of nitrogens with zero attached hydrogens (tertiary/aromatic N) is 4. The van der Waals surface area contributed by atoms with Crippen LogP contribution in [0.15, 0.2) is 65.5 Å². The Morgan fingerprint density at radius 3 is 2.26 bits per heavy atom. The zero-order chi connectivity index (χ0) is 27.8. The third-order valence-corrected chi connectivity index (χ3v) is 7.64. The second-order valence-electron chi connectivity index (χ2n) is 9.04. The maximum absolute atomic E-state index is 13.6. The van der Waals surface area contributed by atoms with E-state index < -0.39 is 22.0 Å². The molecule has 0 aliphatic carbocycles. The number of halogens is 4. The van der Waals surface area contributed by atoms with E-state index >= 15 is 0 Å². The van der Waals surface area contributed by atoms with E-state index in [1.807, 2.05) is 0 Å². The second kappa shape index (κ2) is 10.8. The quantitative estimate of drug-likeness (QED) is 0.210. The van der Waals surface area contributed by atoms with Crippen molar-refractivity contribution in [3.05, 3.63) is 113 Å². The molecule has 8 nitrogen and oxygen atoms in total. The van der Waals surface area contributed by atoms with Crippen molar-refractivity contribution in [2.24, 2.45) is 0 Å². The van der Waals surface area contributed by atoms with Gasteiger partial charge in [0.25, 0.3) is 5.91 Å². The van der Waals surface area contributed by atoms with Gasteiger partial charge in [0, 0.05) is 42.2 Å². The largest absolute Gasteiger partial charge is 0.362 e. The van der Waals surface area contributed by atoms with Crippen LogP contribution >= 0.6 is 34.8 Å². The summed E-state index contributed by atoms with van der Waals surface area (Å²) in [7, 11) is 0. The molecule has 0 spiro atoms. The Morgan fingerprint density at radius 1 is 0.923 bits per heavy atom. The van der Waals surface area contributed by atoms with Gasteiger partial charge in [-0.2, -0.15) is 0 Å². The molecule has 1 fully saturated rings. The molecule has 1 aliphatic rings.